The summed E-state index contributed by atoms with van der Waals surface area (Å²) in [5.74, 6) is -5.17. The number of ether oxygens (including phenoxy) is 1. The Kier molecular flexibility index (Phi) is 2.14. The fourth-order valence-electron chi connectivity index (χ4n) is 2.41. The van der Waals surface area contributed by atoms with Crippen molar-refractivity contribution in [3.63, 3.8) is 0 Å². The van der Waals surface area contributed by atoms with Crippen molar-refractivity contribution in [1.82, 2.24) is 0 Å². The topological polar surface area (TPSA) is 124 Å². The molecule has 0 saturated heterocycles. The van der Waals surface area contributed by atoms with Crippen LogP contribution in [0.15, 0.2) is 6.07 Å². The number of carbonyl (C=O) groups excluding carboxylic acids is 2. The van der Waals surface area contributed by atoms with Gasteiger partial charge in [-0.15, -0.1) is 0 Å². The largest absolute Gasteiger partial charge is 0.507 e. The molecule has 0 aromatic heterocycles. The first kappa shape index (κ1) is 12.1. The maximum absolute atomic E-state index is 11.7. The van der Waals surface area contributed by atoms with Gasteiger partial charge in [0.05, 0.1) is 0 Å². The first-order valence-electron chi connectivity index (χ1n) is 5.54. The lowest BCUT2D eigenvalue weighted by Crippen LogP contribution is -2.20. The van der Waals surface area contributed by atoms with E-state index in [2.05, 4.69) is 4.74 Å². The van der Waals surface area contributed by atoms with E-state index in [1.807, 2.05) is 0 Å². The van der Waals surface area contributed by atoms with E-state index in [-0.39, 0.29) is 16.3 Å². The summed E-state index contributed by atoms with van der Waals surface area (Å²) in [7, 11) is 0. The van der Waals surface area contributed by atoms with E-state index in [1.165, 1.54) is 13.0 Å². The first-order chi connectivity index (χ1) is 9.34. The summed E-state index contributed by atoms with van der Waals surface area (Å²) < 4.78 is 4.41. The van der Waals surface area contributed by atoms with Crippen molar-refractivity contribution in [3.8, 4) is 23.0 Å². The molecule has 0 fully saturated rings. The molecule has 0 atom stereocenters. The molecular formula is C13H8O7. The highest BCUT2D eigenvalue weighted by atomic mass is 16.6. The Morgan fingerprint density at radius 2 is 1.45 bits per heavy atom. The Bertz CT molecular complexity index is 820. The summed E-state index contributed by atoms with van der Waals surface area (Å²) in [5.41, 5.74) is -0.493. The minimum atomic E-state index is -1.16. The highest BCUT2D eigenvalue weighted by molar-refractivity contribution is 6.25. The number of aromatic hydroxyl groups is 4. The van der Waals surface area contributed by atoms with Gasteiger partial charge in [0, 0.05) is 10.8 Å². The van der Waals surface area contributed by atoms with Crippen LogP contribution in [0.2, 0.25) is 0 Å². The molecule has 102 valence electrons. The lowest BCUT2D eigenvalue weighted by Gasteiger charge is -2.20. The second-order valence-electron chi connectivity index (χ2n) is 4.44. The van der Waals surface area contributed by atoms with Gasteiger partial charge in [-0.3, -0.25) is 0 Å². The number of phenols is 4. The molecule has 4 N–H and O–H groups in total. The quantitative estimate of drug-likeness (QED) is 0.324. The number of hydrogen-bond donors (Lipinski definition) is 4. The molecule has 2 aromatic carbocycles. The Morgan fingerprint density at radius 1 is 0.850 bits per heavy atom. The minimum absolute atomic E-state index is 0.00639. The van der Waals surface area contributed by atoms with Crippen molar-refractivity contribution in [3.05, 3.63) is 22.8 Å². The van der Waals surface area contributed by atoms with Gasteiger partial charge in [-0.25, -0.2) is 9.59 Å². The number of benzene rings is 2. The summed E-state index contributed by atoms with van der Waals surface area (Å²) in [6.45, 7) is 1.50. The lowest BCUT2D eigenvalue weighted by molar-refractivity contribution is 0.0387. The Morgan fingerprint density at radius 3 is 2.10 bits per heavy atom. The summed E-state index contributed by atoms with van der Waals surface area (Å²) >= 11 is 0. The maximum Gasteiger partial charge on any atom is 0.350 e. The Labute approximate surface area is 111 Å². The summed E-state index contributed by atoms with van der Waals surface area (Å²) in [5, 5.41) is 39.0. The Balaban J connectivity index is 2.72. The molecule has 0 unspecified atom stereocenters. The molecule has 1 aliphatic rings. The van der Waals surface area contributed by atoms with Gasteiger partial charge in [0.25, 0.3) is 0 Å². The predicted octanol–water partition coefficient (Wildman–Crippen LogP) is 1.28. The molecular weight excluding hydrogens is 268 g/mol. The fraction of sp³-hybridized carbons (Fsp3) is 0.0769. The zero-order valence-corrected chi connectivity index (χ0v) is 10.1. The van der Waals surface area contributed by atoms with Crippen molar-refractivity contribution in [2.75, 3.05) is 0 Å². The molecule has 20 heavy (non-hydrogen) atoms. The van der Waals surface area contributed by atoms with Gasteiger partial charge in [0.2, 0.25) is 5.75 Å². The van der Waals surface area contributed by atoms with Gasteiger partial charge in [-0.2, -0.15) is 0 Å². The highest BCUT2D eigenvalue weighted by Gasteiger charge is 2.36. The number of carbonyl (C=O) groups is 2. The number of esters is 2. The van der Waals surface area contributed by atoms with Crippen LogP contribution in [0.4, 0.5) is 0 Å². The van der Waals surface area contributed by atoms with Crippen LogP contribution < -0.4 is 0 Å². The third-order valence-corrected chi connectivity index (χ3v) is 3.27. The van der Waals surface area contributed by atoms with E-state index in [4.69, 9.17) is 0 Å². The van der Waals surface area contributed by atoms with E-state index in [0.29, 0.717) is 5.56 Å². The monoisotopic (exact) mass is 276 g/mol. The molecule has 1 heterocycles. The lowest BCUT2D eigenvalue weighted by atomic mass is 9.91. The third-order valence-electron chi connectivity index (χ3n) is 3.27. The molecule has 0 aliphatic carbocycles. The van der Waals surface area contributed by atoms with Crippen LogP contribution in [0.25, 0.3) is 10.8 Å². The molecule has 0 radical (unpaired) electrons. The summed E-state index contributed by atoms with van der Waals surface area (Å²) in [6, 6.07) is 1.19. The van der Waals surface area contributed by atoms with Gasteiger partial charge >= 0.3 is 11.9 Å². The van der Waals surface area contributed by atoms with Crippen LogP contribution in [-0.4, -0.2) is 32.4 Å². The van der Waals surface area contributed by atoms with Crippen LogP contribution in [0.3, 0.4) is 0 Å². The normalized spacial score (nSPS) is 13.7. The van der Waals surface area contributed by atoms with Gasteiger partial charge in [-0.1, -0.05) is 0 Å². The number of rotatable bonds is 0. The van der Waals surface area contributed by atoms with Crippen molar-refractivity contribution >= 4 is 22.7 Å². The van der Waals surface area contributed by atoms with Crippen LogP contribution in [-0.2, 0) is 4.74 Å². The van der Waals surface area contributed by atoms with Crippen molar-refractivity contribution in [2.24, 2.45) is 0 Å². The van der Waals surface area contributed by atoms with Gasteiger partial charge in [0.1, 0.15) is 16.9 Å². The SMILES string of the molecule is Cc1cc(O)c2c3c(c(O)c(O)c(O)c13)C(=O)OC2=O. The Hall–Kier alpha value is -2.96. The molecule has 0 bridgehead atoms. The van der Waals surface area contributed by atoms with E-state index in [1.54, 1.807) is 0 Å². The molecule has 3 rings (SSSR count). The molecule has 2 aromatic rings. The van der Waals surface area contributed by atoms with E-state index in [0.717, 1.165) is 0 Å². The number of phenolic OH excluding ortho intramolecular Hbond substituents is 4. The zero-order valence-electron chi connectivity index (χ0n) is 10.1. The molecule has 7 heteroatoms. The maximum atomic E-state index is 11.7. The van der Waals surface area contributed by atoms with Gasteiger partial charge < -0.3 is 25.2 Å². The summed E-state index contributed by atoms with van der Waals surface area (Å²) in [6.07, 6.45) is 0. The average molecular weight is 276 g/mol. The second-order valence-corrected chi connectivity index (χ2v) is 4.44. The van der Waals surface area contributed by atoms with Crippen LogP contribution in [0.1, 0.15) is 26.3 Å². The van der Waals surface area contributed by atoms with Crippen LogP contribution >= 0.6 is 0 Å². The van der Waals surface area contributed by atoms with Gasteiger partial charge in [-0.05, 0) is 18.6 Å². The molecule has 1 aliphatic heterocycles. The third kappa shape index (κ3) is 1.23. The van der Waals surface area contributed by atoms with Crippen LogP contribution in [0, 0.1) is 6.92 Å². The van der Waals surface area contributed by atoms with Crippen molar-refractivity contribution in [2.45, 2.75) is 6.92 Å². The second kappa shape index (κ2) is 3.53. The number of cyclic esters (lactones) is 2. The minimum Gasteiger partial charge on any atom is -0.507 e. The zero-order chi connectivity index (χ0) is 14.8. The van der Waals surface area contributed by atoms with E-state index >= 15 is 0 Å². The summed E-state index contributed by atoms with van der Waals surface area (Å²) in [4.78, 5) is 23.4. The molecule has 0 saturated carbocycles. The number of hydrogen-bond acceptors (Lipinski definition) is 7. The van der Waals surface area contributed by atoms with Gasteiger partial charge in [0.15, 0.2) is 11.5 Å². The van der Waals surface area contributed by atoms with E-state index in [9.17, 15) is 30.0 Å². The van der Waals surface area contributed by atoms with Crippen LogP contribution in [0.5, 0.6) is 23.0 Å². The fourth-order valence-corrected chi connectivity index (χ4v) is 2.41. The molecule has 0 amide bonds. The standard InChI is InChI=1S/C13H8O7/c1-3-2-4(14)6-7-5(3)9(15)11(17)10(16)8(7)13(19)20-12(6)18/h2,14-17H,1H3. The molecule has 7 nitrogen and oxygen atoms in total. The van der Waals surface area contributed by atoms with Crippen molar-refractivity contribution in [1.29, 1.82) is 0 Å². The predicted molar refractivity (Wildman–Crippen MR) is 65.1 cm³/mol. The molecule has 0 spiro atoms. The number of aryl methyl sites for hydroxylation is 1. The highest BCUT2D eigenvalue weighted by Crippen LogP contribution is 2.50. The average Bonchev–Trinajstić information content (AvgIpc) is 2.34. The van der Waals surface area contributed by atoms with Crippen molar-refractivity contribution < 1.29 is 34.8 Å². The van der Waals surface area contributed by atoms with E-state index < -0.39 is 40.5 Å². The first-order valence-corrected chi connectivity index (χ1v) is 5.54. The smallest absolute Gasteiger partial charge is 0.350 e.